The Hall–Kier alpha value is -2.13. The molecule has 3 aromatic rings. The molecule has 2 atom stereocenters. The van der Waals surface area contributed by atoms with E-state index < -0.39 is 0 Å². The Morgan fingerprint density at radius 2 is 1.86 bits per heavy atom. The Morgan fingerprint density at radius 3 is 2.50 bits per heavy atom. The van der Waals surface area contributed by atoms with E-state index in [0.717, 1.165) is 28.5 Å². The fraction of sp³-hybridized carbons (Fsp3) is 0.238. The molecule has 1 aliphatic heterocycles. The number of nitrogens with one attached hydrogen (secondary N) is 2. The van der Waals surface area contributed by atoms with Crippen LogP contribution < -0.4 is 15.0 Å². The van der Waals surface area contributed by atoms with E-state index in [1.54, 1.807) is 7.11 Å². The lowest BCUT2D eigenvalue weighted by Gasteiger charge is -2.29. The summed E-state index contributed by atoms with van der Waals surface area (Å²) in [6.07, 6.45) is 1.82. The summed E-state index contributed by atoms with van der Waals surface area (Å²) in [6, 6.07) is 13.8. The number of aryl methyl sites for hydroxylation is 2. The first-order valence-electron chi connectivity index (χ1n) is 9.01. The Morgan fingerprint density at radius 1 is 1.11 bits per heavy atom. The van der Waals surface area contributed by atoms with Gasteiger partial charge in [0, 0.05) is 26.7 Å². The van der Waals surface area contributed by atoms with Gasteiger partial charge in [-0.15, -0.1) is 0 Å². The van der Waals surface area contributed by atoms with Crippen molar-refractivity contribution in [3.05, 3.63) is 74.9 Å². The molecule has 1 saturated heterocycles. The first-order chi connectivity index (χ1) is 13.5. The van der Waals surface area contributed by atoms with Gasteiger partial charge in [-0.2, -0.15) is 0 Å². The van der Waals surface area contributed by atoms with E-state index in [1.165, 1.54) is 9.13 Å². The Balaban J connectivity index is 1.93. The van der Waals surface area contributed by atoms with Gasteiger partial charge < -0.3 is 19.9 Å². The number of benzene rings is 1. The van der Waals surface area contributed by atoms with Gasteiger partial charge in [0.2, 0.25) is 0 Å². The summed E-state index contributed by atoms with van der Waals surface area (Å²) in [5, 5.41) is 4.17. The van der Waals surface area contributed by atoms with E-state index in [-0.39, 0.29) is 12.1 Å². The monoisotopic (exact) mass is 504 g/mol. The molecule has 5 nitrogen and oxygen atoms in total. The van der Waals surface area contributed by atoms with Crippen molar-refractivity contribution in [3.8, 4) is 5.75 Å². The van der Waals surface area contributed by atoms with E-state index in [2.05, 4.69) is 56.6 Å². The van der Waals surface area contributed by atoms with E-state index >= 15 is 0 Å². The van der Waals surface area contributed by atoms with Crippen molar-refractivity contribution in [3.63, 3.8) is 0 Å². The lowest BCUT2D eigenvalue weighted by Crippen LogP contribution is -2.30. The first-order valence-corrected chi connectivity index (χ1v) is 10.5. The van der Waals surface area contributed by atoms with E-state index in [1.807, 2.05) is 48.7 Å². The number of aromatic nitrogens is 2. The molecule has 0 bridgehead atoms. The maximum Gasteiger partial charge on any atom is 0.174 e. The van der Waals surface area contributed by atoms with Crippen molar-refractivity contribution in [1.82, 2.24) is 15.3 Å². The SMILES string of the molecule is COc1ccccc1N1C(=S)N[C@H](c2ccccn2)[C@@H]1c1c(C)[nH]c(C)c1I. The zero-order valence-corrected chi connectivity index (χ0v) is 18.8. The van der Waals surface area contributed by atoms with Gasteiger partial charge in [-0.1, -0.05) is 18.2 Å². The van der Waals surface area contributed by atoms with Crippen molar-refractivity contribution in [2.24, 2.45) is 0 Å². The highest BCUT2D eigenvalue weighted by Gasteiger charge is 2.43. The maximum absolute atomic E-state index is 5.80. The molecule has 4 rings (SSSR count). The van der Waals surface area contributed by atoms with Gasteiger partial charge in [0.15, 0.2) is 5.11 Å². The first kappa shape index (κ1) is 19.2. The van der Waals surface area contributed by atoms with E-state index in [9.17, 15) is 0 Å². The second kappa shape index (κ2) is 7.71. The number of hydrogen-bond acceptors (Lipinski definition) is 3. The fourth-order valence-corrected chi connectivity index (χ4v) is 5.06. The van der Waals surface area contributed by atoms with Gasteiger partial charge in [0.1, 0.15) is 5.75 Å². The van der Waals surface area contributed by atoms with Crippen LogP contribution in [0.1, 0.15) is 34.7 Å². The van der Waals surface area contributed by atoms with Crippen molar-refractivity contribution in [2.75, 3.05) is 12.0 Å². The molecule has 0 spiro atoms. The van der Waals surface area contributed by atoms with Crippen molar-refractivity contribution in [1.29, 1.82) is 0 Å². The van der Waals surface area contributed by atoms with Crippen LogP contribution in [0.5, 0.6) is 5.75 Å². The smallest absolute Gasteiger partial charge is 0.174 e. The van der Waals surface area contributed by atoms with Crippen LogP contribution in [0.2, 0.25) is 0 Å². The number of H-pyrrole nitrogens is 1. The third-order valence-corrected chi connectivity index (χ3v) is 6.79. The summed E-state index contributed by atoms with van der Waals surface area (Å²) in [7, 11) is 1.69. The zero-order valence-electron chi connectivity index (χ0n) is 15.9. The Bertz CT molecular complexity index is 1020. The van der Waals surface area contributed by atoms with Crippen molar-refractivity contribution in [2.45, 2.75) is 25.9 Å². The van der Waals surface area contributed by atoms with Crippen LogP contribution in [-0.2, 0) is 0 Å². The second-order valence-corrected chi connectivity index (χ2v) is 8.24. The number of rotatable bonds is 4. The number of aromatic amines is 1. The summed E-state index contributed by atoms with van der Waals surface area (Å²) in [5.41, 5.74) is 5.43. The average Bonchev–Trinajstić information content (AvgIpc) is 3.17. The average molecular weight is 504 g/mol. The minimum Gasteiger partial charge on any atom is -0.495 e. The quantitative estimate of drug-likeness (QED) is 0.395. The van der Waals surface area contributed by atoms with Gasteiger partial charge in [-0.3, -0.25) is 4.98 Å². The topological polar surface area (TPSA) is 53.2 Å². The number of hydrogen-bond donors (Lipinski definition) is 2. The number of ether oxygens (including phenoxy) is 1. The van der Waals surface area contributed by atoms with Crippen LogP contribution >= 0.6 is 34.8 Å². The number of pyridine rings is 1. The summed E-state index contributed by atoms with van der Waals surface area (Å²) in [6.45, 7) is 4.21. The normalized spacial score (nSPS) is 19.0. The van der Waals surface area contributed by atoms with Crippen LogP contribution in [0.15, 0.2) is 48.7 Å². The fourth-order valence-electron chi connectivity index (χ4n) is 3.86. The molecule has 0 radical (unpaired) electrons. The van der Waals surface area contributed by atoms with Crippen LogP contribution in [0, 0.1) is 17.4 Å². The summed E-state index contributed by atoms with van der Waals surface area (Å²) >= 11 is 8.21. The summed E-state index contributed by atoms with van der Waals surface area (Å²) in [5.74, 6) is 0.790. The minimum absolute atomic E-state index is 0.0458. The highest BCUT2D eigenvalue weighted by molar-refractivity contribution is 14.1. The molecule has 1 fully saturated rings. The predicted octanol–water partition coefficient (Wildman–Crippen LogP) is 4.82. The zero-order chi connectivity index (χ0) is 19.8. The highest BCUT2D eigenvalue weighted by Crippen LogP contribution is 2.46. The highest BCUT2D eigenvalue weighted by atomic mass is 127. The molecule has 1 aromatic carbocycles. The maximum atomic E-state index is 5.80. The molecule has 3 heterocycles. The van der Waals surface area contributed by atoms with E-state index in [0.29, 0.717) is 5.11 Å². The van der Waals surface area contributed by atoms with Crippen LogP contribution in [0.4, 0.5) is 5.69 Å². The van der Waals surface area contributed by atoms with E-state index in [4.69, 9.17) is 17.0 Å². The van der Waals surface area contributed by atoms with Gasteiger partial charge in [-0.05, 0) is 72.9 Å². The third kappa shape index (κ3) is 3.16. The molecule has 28 heavy (non-hydrogen) atoms. The molecule has 1 aliphatic rings. The predicted molar refractivity (Wildman–Crippen MR) is 124 cm³/mol. The molecule has 2 N–H and O–H groups in total. The molecule has 2 aromatic heterocycles. The number of halogens is 1. The third-order valence-electron chi connectivity index (χ3n) is 5.08. The largest absolute Gasteiger partial charge is 0.495 e. The van der Waals surface area contributed by atoms with Crippen LogP contribution in [-0.4, -0.2) is 22.2 Å². The lowest BCUT2D eigenvalue weighted by molar-refractivity contribution is 0.414. The van der Waals surface area contributed by atoms with Gasteiger partial charge in [0.25, 0.3) is 0 Å². The number of nitrogens with zero attached hydrogens (tertiary/aromatic N) is 2. The number of methoxy groups -OCH3 is 1. The molecular weight excluding hydrogens is 483 g/mol. The van der Waals surface area contributed by atoms with Crippen molar-refractivity contribution >= 4 is 45.6 Å². The molecular formula is C21H21IN4OS. The second-order valence-electron chi connectivity index (χ2n) is 6.77. The number of thiocarbonyl (C=S) groups is 1. The summed E-state index contributed by atoms with van der Waals surface area (Å²) < 4.78 is 6.86. The van der Waals surface area contributed by atoms with Gasteiger partial charge in [-0.25, -0.2) is 0 Å². The molecule has 144 valence electrons. The van der Waals surface area contributed by atoms with Crippen molar-refractivity contribution < 1.29 is 4.74 Å². The number of anilines is 1. The molecule has 0 amide bonds. The standard InChI is InChI=1S/C21H21IN4OS/c1-12-17(18(22)13(2)24-12)20-19(14-8-6-7-11-23-14)25-21(28)26(20)15-9-4-5-10-16(15)27-3/h4-11,19-20,24H,1-3H3,(H,25,28)/t19-,20+/m1/s1. The lowest BCUT2D eigenvalue weighted by atomic mass is 9.96. The number of para-hydroxylation sites is 2. The Labute approximate surface area is 183 Å². The minimum atomic E-state index is -0.0685. The molecule has 7 heteroatoms. The van der Waals surface area contributed by atoms with Crippen LogP contribution in [0.25, 0.3) is 0 Å². The Kier molecular flexibility index (Phi) is 5.29. The van der Waals surface area contributed by atoms with Gasteiger partial charge in [0.05, 0.1) is 30.6 Å². The molecule has 0 aliphatic carbocycles. The molecule has 0 unspecified atom stereocenters. The van der Waals surface area contributed by atoms with Gasteiger partial charge >= 0.3 is 0 Å². The molecule has 0 saturated carbocycles. The summed E-state index contributed by atoms with van der Waals surface area (Å²) in [4.78, 5) is 10.3. The van der Waals surface area contributed by atoms with Crippen LogP contribution in [0.3, 0.4) is 0 Å².